The minimum Gasteiger partial charge on any atom is -0.476 e. The molecule has 172 valence electrons. The van der Waals surface area contributed by atoms with E-state index >= 15 is 0 Å². The van der Waals surface area contributed by atoms with Crippen molar-refractivity contribution >= 4 is 17.1 Å². The number of aromatic nitrogens is 1. The van der Waals surface area contributed by atoms with E-state index in [1.165, 1.54) is 0 Å². The lowest BCUT2D eigenvalue weighted by atomic mass is 10.0. The molecule has 1 aromatic heterocycles. The van der Waals surface area contributed by atoms with Crippen molar-refractivity contribution in [3.63, 3.8) is 0 Å². The first-order chi connectivity index (χ1) is 15.6. The third-order valence-electron chi connectivity index (χ3n) is 5.76. The number of nitrogens with zero attached hydrogens (tertiary/aromatic N) is 4. The Balaban J connectivity index is 1.60. The van der Waals surface area contributed by atoms with Gasteiger partial charge in [0, 0.05) is 55.7 Å². The van der Waals surface area contributed by atoms with Gasteiger partial charge in [0.2, 0.25) is 5.88 Å². The molecule has 2 aromatic rings. The molecule has 2 fully saturated rings. The average Bonchev–Trinajstić information content (AvgIpc) is 2.83. The Bertz CT molecular complexity index is 939. The maximum atomic E-state index is 6.25. The van der Waals surface area contributed by atoms with Gasteiger partial charge in [-0.25, -0.2) is 4.98 Å². The van der Waals surface area contributed by atoms with Gasteiger partial charge >= 0.3 is 0 Å². The molecule has 0 aliphatic carbocycles. The van der Waals surface area contributed by atoms with Crippen LogP contribution in [0.5, 0.6) is 5.88 Å². The molecule has 9 heteroatoms. The van der Waals surface area contributed by atoms with Crippen molar-refractivity contribution in [1.29, 1.82) is 0 Å². The first-order valence-corrected chi connectivity index (χ1v) is 11.1. The maximum Gasteiger partial charge on any atom is 0.215 e. The fourth-order valence-electron chi connectivity index (χ4n) is 3.94. The Labute approximate surface area is 188 Å². The highest BCUT2D eigenvalue weighted by atomic mass is 16.5. The highest BCUT2D eigenvalue weighted by molar-refractivity contribution is 6.15. The van der Waals surface area contributed by atoms with E-state index in [9.17, 15) is 0 Å². The number of ether oxygens (including phenoxy) is 3. The number of nitrogens with two attached hydrogens (primary N) is 2. The van der Waals surface area contributed by atoms with Crippen LogP contribution in [0.15, 0.2) is 35.4 Å². The van der Waals surface area contributed by atoms with Crippen LogP contribution in [0.2, 0.25) is 0 Å². The SMILES string of the molecule is Cc1ccc(N)c(C(=NN)c2cc(N3CCOCC3)cc(OCCN3CCOCC3)n2)c1. The maximum absolute atomic E-state index is 6.25. The van der Waals surface area contributed by atoms with E-state index in [-0.39, 0.29) is 0 Å². The number of hydrazone groups is 1. The van der Waals surface area contributed by atoms with E-state index in [1.54, 1.807) is 0 Å². The summed E-state index contributed by atoms with van der Waals surface area (Å²) in [6.07, 6.45) is 0. The van der Waals surface area contributed by atoms with Gasteiger partial charge in [0.15, 0.2) is 0 Å². The molecule has 9 nitrogen and oxygen atoms in total. The van der Waals surface area contributed by atoms with Crippen molar-refractivity contribution in [2.75, 3.05) is 76.4 Å². The highest BCUT2D eigenvalue weighted by Crippen LogP contribution is 2.26. The van der Waals surface area contributed by atoms with E-state index in [4.69, 9.17) is 30.8 Å². The molecule has 3 heterocycles. The summed E-state index contributed by atoms with van der Waals surface area (Å²) in [6.45, 7) is 9.74. The average molecular weight is 441 g/mol. The third-order valence-corrected chi connectivity index (χ3v) is 5.76. The van der Waals surface area contributed by atoms with Crippen molar-refractivity contribution in [3.8, 4) is 5.88 Å². The first kappa shape index (κ1) is 22.3. The number of morpholine rings is 2. The van der Waals surface area contributed by atoms with Crippen LogP contribution >= 0.6 is 0 Å². The zero-order chi connectivity index (χ0) is 22.3. The molecule has 2 aliphatic heterocycles. The summed E-state index contributed by atoms with van der Waals surface area (Å²) >= 11 is 0. The van der Waals surface area contributed by atoms with Gasteiger partial charge in [-0.3, -0.25) is 4.90 Å². The molecule has 0 bridgehead atoms. The quantitative estimate of drug-likeness (QED) is 0.286. The number of benzene rings is 1. The van der Waals surface area contributed by atoms with Gasteiger partial charge in [0.05, 0.1) is 32.1 Å². The third kappa shape index (κ3) is 5.48. The molecule has 32 heavy (non-hydrogen) atoms. The molecule has 0 radical (unpaired) electrons. The largest absolute Gasteiger partial charge is 0.476 e. The number of pyridine rings is 1. The molecular weight excluding hydrogens is 408 g/mol. The van der Waals surface area contributed by atoms with Gasteiger partial charge in [-0.1, -0.05) is 11.6 Å². The second-order valence-electron chi connectivity index (χ2n) is 8.02. The van der Waals surface area contributed by atoms with Gasteiger partial charge in [0.25, 0.3) is 0 Å². The summed E-state index contributed by atoms with van der Waals surface area (Å²) in [4.78, 5) is 9.33. The number of aryl methyl sites for hydroxylation is 1. The van der Waals surface area contributed by atoms with Crippen LogP contribution in [0, 0.1) is 6.92 Å². The summed E-state index contributed by atoms with van der Waals surface area (Å²) in [5.74, 6) is 6.38. The molecule has 0 spiro atoms. The number of anilines is 2. The fourth-order valence-corrected chi connectivity index (χ4v) is 3.94. The van der Waals surface area contributed by atoms with Crippen LogP contribution in [0.3, 0.4) is 0 Å². The van der Waals surface area contributed by atoms with E-state index in [0.29, 0.717) is 42.8 Å². The summed E-state index contributed by atoms with van der Waals surface area (Å²) in [6, 6.07) is 9.77. The molecule has 1 aromatic carbocycles. The van der Waals surface area contributed by atoms with Crippen LogP contribution in [-0.4, -0.2) is 81.4 Å². The summed E-state index contributed by atoms with van der Waals surface area (Å²) in [7, 11) is 0. The van der Waals surface area contributed by atoms with Crippen molar-refractivity contribution < 1.29 is 14.2 Å². The molecule has 2 aliphatic rings. The standard InChI is InChI=1S/C23H32N6O3/c1-17-2-3-20(24)19(14-17)23(27-25)21-15-18(29-7-11-31-12-8-29)16-22(26-21)32-13-6-28-4-9-30-10-5-28/h2-3,14-16H,4-13,24-25H2,1H3. The normalized spacial score (nSPS) is 18.0. The van der Waals surface area contributed by atoms with Crippen molar-refractivity contribution in [1.82, 2.24) is 9.88 Å². The lowest BCUT2D eigenvalue weighted by Crippen LogP contribution is -2.38. The van der Waals surface area contributed by atoms with Gasteiger partial charge in [-0.15, -0.1) is 0 Å². The molecular formula is C23H32N6O3. The fraction of sp³-hybridized carbons (Fsp3) is 0.478. The Kier molecular flexibility index (Phi) is 7.41. The number of rotatable bonds is 7. The Morgan fingerprint density at radius 2 is 1.78 bits per heavy atom. The zero-order valence-electron chi connectivity index (χ0n) is 18.6. The van der Waals surface area contributed by atoms with Crippen LogP contribution in [0.25, 0.3) is 0 Å². The van der Waals surface area contributed by atoms with E-state index < -0.39 is 0 Å². The minimum absolute atomic E-state index is 0.541. The predicted octanol–water partition coefficient (Wildman–Crippen LogP) is 1.23. The number of hydrogen-bond donors (Lipinski definition) is 2. The number of nitrogen functional groups attached to an aromatic ring is 1. The molecule has 2 saturated heterocycles. The molecule has 0 unspecified atom stereocenters. The molecule has 0 atom stereocenters. The Morgan fingerprint density at radius 3 is 2.50 bits per heavy atom. The lowest BCUT2D eigenvalue weighted by Gasteiger charge is -2.29. The lowest BCUT2D eigenvalue weighted by molar-refractivity contribution is 0.0320. The van der Waals surface area contributed by atoms with E-state index in [1.807, 2.05) is 37.3 Å². The van der Waals surface area contributed by atoms with Gasteiger partial charge < -0.3 is 30.7 Å². The Hall–Kier alpha value is -2.88. The first-order valence-electron chi connectivity index (χ1n) is 11.1. The van der Waals surface area contributed by atoms with Crippen LogP contribution < -0.4 is 21.2 Å². The predicted molar refractivity (Wildman–Crippen MR) is 125 cm³/mol. The topological polar surface area (TPSA) is 111 Å². The molecule has 4 rings (SSSR count). The van der Waals surface area contributed by atoms with Crippen LogP contribution in [0.1, 0.15) is 16.8 Å². The van der Waals surface area contributed by atoms with E-state index in [2.05, 4.69) is 14.9 Å². The zero-order valence-corrected chi connectivity index (χ0v) is 18.6. The monoisotopic (exact) mass is 440 g/mol. The summed E-state index contributed by atoms with van der Waals surface area (Å²) in [5, 5.41) is 4.06. The van der Waals surface area contributed by atoms with Crippen LogP contribution in [-0.2, 0) is 9.47 Å². The number of hydrogen-bond acceptors (Lipinski definition) is 9. The van der Waals surface area contributed by atoms with Gasteiger partial charge in [-0.05, 0) is 25.1 Å². The van der Waals surface area contributed by atoms with Crippen molar-refractivity contribution in [2.45, 2.75) is 6.92 Å². The van der Waals surface area contributed by atoms with Crippen molar-refractivity contribution in [3.05, 3.63) is 47.2 Å². The van der Waals surface area contributed by atoms with Crippen molar-refractivity contribution in [2.24, 2.45) is 10.9 Å². The Morgan fingerprint density at radius 1 is 1.06 bits per heavy atom. The summed E-state index contributed by atoms with van der Waals surface area (Å²) < 4.78 is 17.0. The second-order valence-corrected chi connectivity index (χ2v) is 8.02. The molecule has 0 amide bonds. The van der Waals surface area contributed by atoms with Gasteiger partial charge in [-0.2, -0.15) is 5.10 Å². The van der Waals surface area contributed by atoms with Crippen LogP contribution in [0.4, 0.5) is 11.4 Å². The highest BCUT2D eigenvalue weighted by Gasteiger charge is 2.19. The van der Waals surface area contributed by atoms with Gasteiger partial charge in [0.1, 0.15) is 12.3 Å². The van der Waals surface area contributed by atoms with E-state index in [0.717, 1.165) is 62.8 Å². The molecule has 4 N–H and O–H groups in total. The summed E-state index contributed by atoms with van der Waals surface area (Å²) in [5.41, 5.74) is 10.9. The molecule has 0 saturated carbocycles. The minimum atomic E-state index is 0.541. The second kappa shape index (κ2) is 10.6. The smallest absolute Gasteiger partial charge is 0.215 e.